The Hall–Kier alpha value is -1.30. The van der Waals surface area contributed by atoms with E-state index in [-0.39, 0.29) is 5.91 Å². The van der Waals surface area contributed by atoms with E-state index in [1.165, 1.54) is 27.8 Å². The van der Waals surface area contributed by atoms with Gasteiger partial charge in [-0.1, -0.05) is 30.3 Å². The van der Waals surface area contributed by atoms with Gasteiger partial charge in [-0.3, -0.25) is 10.0 Å². The SMILES string of the molecule is CSC(C)(CCCc1ccc(-c2cccs2)cc1)C(=O)NO. The van der Waals surface area contributed by atoms with Crippen molar-refractivity contribution < 1.29 is 10.0 Å². The molecule has 0 fully saturated rings. The molecular formula is C17H21NO2S2. The van der Waals surface area contributed by atoms with Crippen molar-refractivity contribution in [2.45, 2.75) is 30.9 Å². The number of nitrogens with one attached hydrogen (secondary N) is 1. The van der Waals surface area contributed by atoms with Crippen LogP contribution in [0.2, 0.25) is 0 Å². The summed E-state index contributed by atoms with van der Waals surface area (Å²) >= 11 is 3.21. The van der Waals surface area contributed by atoms with Gasteiger partial charge >= 0.3 is 0 Å². The number of hydroxylamine groups is 1. The molecule has 0 radical (unpaired) electrons. The van der Waals surface area contributed by atoms with Crippen molar-refractivity contribution in [1.82, 2.24) is 5.48 Å². The summed E-state index contributed by atoms with van der Waals surface area (Å²) in [6, 6.07) is 12.8. The fraction of sp³-hybridized carbons (Fsp3) is 0.353. The molecule has 1 heterocycles. The highest BCUT2D eigenvalue weighted by atomic mass is 32.2. The van der Waals surface area contributed by atoms with E-state index in [2.05, 4.69) is 41.8 Å². The van der Waals surface area contributed by atoms with Crippen LogP contribution >= 0.6 is 23.1 Å². The molecule has 0 saturated carbocycles. The summed E-state index contributed by atoms with van der Waals surface area (Å²) in [5, 5.41) is 10.9. The largest absolute Gasteiger partial charge is 0.289 e. The Morgan fingerprint density at radius 1 is 1.32 bits per heavy atom. The highest BCUT2D eigenvalue weighted by molar-refractivity contribution is 8.00. The van der Waals surface area contributed by atoms with Crippen LogP contribution in [0.4, 0.5) is 0 Å². The molecule has 0 bridgehead atoms. The highest BCUT2D eigenvalue weighted by Gasteiger charge is 2.31. The number of hydrogen-bond donors (Lipinski definition) is 2. The number of aryl methyl sites for hydroxylation is 1. The third kappa shape index (κ3) is 4.12. The predicted molar refractivity (Wildman–Crippen MR) is 94.5 cm³/mol. The highest BCUT2D eigenvalue weighted by Crippen LogP contribution is 2.29. The van der Waals surface area contributed by atoms with Crippen LogP contribution in [0.5, 0.6) is 0 Å². The fourth-order valence-corrected chi connectivity index (χ4v) is 3.65. The number of carbonyl (C=O) groups excluding carboxylic acids is 1. The summed E-state index contributed by atoms with van der Waals surface area (Å²) in [6.45, 7) is 1.86. The minimum absolute atomic E-state index is 0.326. The molecular weight excluding hydrogens is 314 g/mol. The Bertz CT molecular complexity index is 596. The quantitative estimate of drug-likeness (QED) is 0.584. The molecule has 0 saturated heterocycles. The lowest BCUT2D eigenvalue weighted by Crippen LogP contribution is -2.40. The van der Waals surface area contributed by atoms with Gasteiger partial charge in [0.2, 0.25) is 0 Å². The van der Waals surface area contributed by atoms with Crippen molar-refractivity contribution in [3.05, 3.63) is 47.3 Å². The number of rotatable bonds is 7. The monoisotopic (exact) mass is 335 g/mol. The number of carbonyl (C=O) groups is 1. The first kappa shape index (κ1) is 17.1. The summed E-state index contributed by atoms with van der Waals surface area (Å²) in [6.07, 6.45) is 4.46. The van der Waals surface area contributed by atoms with E-state index in [0.29, 0.717) is 0 Å². The predicted octanol–water partition coefficient (Wildman–Crippen LogP) is 4.36. The maximum Gasteiger partial charge on any atom is 0.259 e. The average molecular weight is 335 g/mol. The van der Waals surface area contributed by atoms with Crippen LogP contribution in [-0.4, -0.2) is 22.1 Å². The molecule has 0 aliphatic carbocycles. The van der Waals surface area contributed by atoms with Crippen molar-refractivity contribution in [3.63, 3.8) is 0 Å². The van der Waals surface area contributed by atoms with Crippen molar-refractivity contribution >= 4 is 29.0 Å². The molecule has 2 N–H and O–H groups in total. The van der Waals surface area contributed by atoms with Gasteiger partial charge in [-0.15, -0.1) is 23.1 Å². The standard InChI is InChI=1S/C17H21NO2S2/c1-17(21-2,16(19)18-20)11-3-5-13-7-9-14(10-8-13)15-6-4-12-22-15/h4,6-10,12,20H,3,5,11H2,1-2H3,(H,18,19). The molecule has 0 aliphatic rings. The normalized spacial score (nSPS) is 13.6. The molecule has 22 heavy (non-hydrogen) atoms. The van der Waals surface area contributed by atoms with Crippen LogP contribution in [0.15, 0.2) is 41.8 Å². The molecule has 3 nitrogen and oxygen atoms in total. The summed E-state index contributed by atoms with van der Waals surface area (Å²) in [5.41, 5.74) is 4.28. The summed E-state index contributed by atoms with van der Waals surface area (Å²) in [5.74, 6) is -0.326. The average Bonchev–Trinajstić information content (AvgIpc) is 3.09. The third-order valence-electron chi connectivity index (χ3n) is 3.91. The zero-order chi connectivity index (χ0) is 16.0. The van der Waals surface area contributed by atoms with Gasteiger partial charge < -0.3 is 0 Å². The molecule has 1 amide bonds. The molecule has 118 valence electrons. The lowest BCUT2D eigenvalue weighted by atomic mass is 9.99. The second-order valence-electron chi connectivity index (χ2n) is 5.40. The van der Waals surface area contributed by atoms with E-state index >= 15 is 0 Å². The Balaban J connectivity index is 1.91. The van der Waals surface area contributed by atoms with Crippen molar-refractivity contribution in [1.29, 1.82) is 0 Å². The molecule has 0 aliphatic heterocycles. The van der Waals surface area contributed by atoms with E-state index < -0.39 is 4.75 Å². The summed E-state index contributed by atoms with van der Waals surface area (Å²) < 4.78 is -0.578. The first-order valence-electron chi connectivity index (χ1n) is 7.21. The molecule has 1 unspecified atom stereocenters. The van der Waals surface area contributed by atoms with Gasteiger partial charge in [0, 0.05) is 4.88 Å². The molecule has 1 aromatic heterocycles. The Kier molecular flexibility index (Phi) is 6.06. The summed E-state index contributed by atoms with van der Waals surface area (Å²) in [7, 11) is 0. The van der Waals surface area contributed by atoms with Crippen molar-refractivity contribution in [2.75, 3.05) is 6.26 Å². The van der Waals surface area contributed by atoms with Gasteiger partial charge in [0.25, 0.3) is 5.91 Å². The van der Waals surface area contributed by atoms with Gasteiger partial charge in [0.1, 0.15) is 0 Å². The lowest BCUT2D eigenvalue weighted by molar-refractivity contribution is -0.131. The van der Waals surface area contributed by atoms with Crippen molar-refractivity contribution in [2.24, 2.45) is 0 Å². The third-order valence-corrected chi connectivity index (χ3v) is 6.12. The first-order valence-corrected chi connectivity index (χ1v) is 9.32. The Morgan fingerprint density at radius 3 is 2.59 bits per heavy atom. The maximum absolute atomic E-state index is 11.7. The second kappa shape index (κ2) is 7.81. The molecule has 2 rings (SSSR count). The number of thiophene rings is 1. The zero-order valence-electron chi connectivity index (χ0n) is 12.8. The van der Waals surface area contributed by atoms with Crippen molar-refractivity contribution in [3.8, 4) is 10.4 Å². The van der Waals surface area contributed by atoms with Gasteiger partial charge in [-0.25, -0.2) is 5.48 Å². The van der Waals surface area contributed by atoms with Gasteiger partial charge in [0.15, 0.2) is 0 Å². The summed E-state index contributed by atoms with van der Waals surface area (Å²) in [4.78, 5) is 13.0. The van der Waals surface area contributed by atoms with E-state index in [9.17, 15) is 4.79 Å². The molecule has 1 aromatic carbocycles. The van der Waals surface area contributed by atoms with Crippen LogP contribution in [-0.2, 0) is 11.2 Å². The Morgan fingerprint density at radius 2 is 2.05 bits per heavy atom. The lowest BCUT2D eigenvalue weighted by Gasteiger charge is -2.24. The first-order chi connectivity index (χ1) is 10.6. The van der Waals surface area contributed by atoms with E-state index in [1.54, 1.807) is 16.8 Å². The van der Waals surface area contributed by atoms with E-state index in [1.807, 2.05) is 13.2 Å². The molecule has 2 aromatic rings. The Labute approximate surface area is 139 Å². The smallest absolute Gasteiger partial charge is 0.259 e. The van der Waals surface area contributed by atoms with E-state index in [4.69, 9.17) is 5.21 Å². The number of hydrogen-bond acceptors (Lipinski definition) is 4. The minimum Gasteiger partial charge on any atom is -0.289 e. The second-order valence-corrected chi connectivity index (χ2v) is 7.66. The van der Waals surface area contributed by atoms with Gasteiger partial charge in [0.05, 0.1) is 4.75 Å². The molecule has 5 heteroatoms. The van der Waals surface area contributed by atoms with Crippen LogP contribution in [0.1, 0.15) is 25.3 Å². The van der Waals surface area contributed by atoms with Crippen LogP contribution in [0, 0.1) is 0 Å². The number of amides is 1. The van der Waals surface area contributed by atoms with Crippen LogP contribution in [0.25, 0.3) is 10.4 Å². The van der Waals surface area contributed by atoms with Crippen LogP contribution < -0.4 is 5.48 Å². The number of benzene rings is 1. The maximum atomic E-state index is 11.7. The van der Waals surface area contributed by atoms with Gasteiger partial charge in [-0.05, 0) is 55.0 Å². The zero-order valence-corrected chi connectivity index (χ0v) is 14.5. The molecule has 0 spiro atoms. The topological polar surface area (TPSA) is 49.3 Å². The fourth-order valence-electron chi connectivity index (χ4n) is 2.33. The minimum atomic E-state index is -0.578. The molecule has 1 atom stereocenters. The number of thioether (sulfide) groups is 1. The van der Waals surface area contributed by atoms with Crippen LogP contribution in [0.3, 0.4) is 0 Å². The van der Waals surface area contributed by atoms with E-state index in [0.717, 1.165) is 19.3 Å². The van der Waals surface area contributed by atoms with Gasteiger partial charge in [-0.2, -0.15) is 0 Å².